The third kappa shape index (κ3) is 4.23. The molecule has 0 radical (unpaired) electrons. The van der Waals surface area contributed by atoms with Crippen LogP contribution >= 0.6 is 11.6 Å². The van der Waals surface area contributed by atoms with Gasteiger partial charge in [-0.3, -0.25) is 9.48 Å². The molecule has 1 amide bonds. The number of carbonyl (C=O) groups excluding carboxylic acids is 1. The molecule has 0 saturated carbocycles. The molecule has 112 valence electrons. The fourth-order valence-corrected chi connectivity index (χ4v) is 2.19. The number of anilines is 1. The predicted octanol–water partition coefficient (Wildman–Crippen LogP) is 2.71. The van der Waals surface area contributed by atoms with E-state index in [0.717, 1.165) is 17.8 Å². The molecule has 6 heteroatoms. The van der Waals surface area contributed by atoms with E-state index in [2.05, 4.69) is 15.7 Å². The second-order valence-corrected chi connectivity index (χ2v) is 5.19. The summed E-state index contributed by atoms with van der Waals surface area (Å²) in [7, 11) is 0. The molecule has 1 aromatic carbocycles. The van der Waals surface area contributed by atoms with Gasteiger partial charge in [0.05, 0.1) is 18.3 Å². The molecule has 0 atom stereocenters. The average Bonchev–Trinajstić information content (AvgIpc) is 2.86. The van der Waals surface area contributed by atoms with Crippen LogP contribution in [-0.4, -0.2) is 28.8 Å². The summed E-state index contributed by atoms with van der Waals surface area (Å²) in [6, 6.07) is 5.26. The Hall–Kier alpha value is -2.01. The summed E-state index contributed by atoms with van der Waals surface area (Å²) in [5.74, 6) is -0.141. The van der Waals surface area contributed by atoms with E-state index in [0.29, 0.717) is 23.7 Å². The summed E-state index contributed by atoms with van der Waals surface area (Å²) in [5, 5.41) is 10.8. The Morgan fingerprint density at radius 3 is 2.90 bits per heavy atom. The van der Waals surface area contributed by atoms with Crippen molar-refractivity contribution in [3.8, 4) is 0 Å². The highest BCUT2D eigenvalue weighted by Crippen LogP contribution is 2.20. The zero-order chi connectivity index (χ0) is 15.2. The summed E-state index contributed by atoms with van der Waals surface area (Å²) in [4.78, 5) is 12.2. The number of nitrogens with zero attached hydrogens (tertiary/aromatic N) is 2. The standard InChI is InChI=1S/C15H19ClN4O/c1-3-17-14-5-4-12(16)8-13(14)15(21)18-6-7-20-10-11(2)9-19-20/h4-5,8-10,17H,3,6-7H2,1-2H3,(H,18,21). The van der Waals surface area contributed by atoms with Crippen molar-refractivity contribution >= 4 is 23.2 Å². The van der Waals surface area contributed by atoms with Crippen molar-refractivity contribution in [2.24, 2.45) is 0 Å². The van der Waals surface area contributed by atoms with Gasteiger partial charge in [-0.25, -0.2) is 0 Å². The summed E-state index contributed by atoms with van der Waals surface area (Å²) in [5.41, 5.74) is 2.45. The first-order valence-corrected chi connectivity index (χ1v) is 7.28. The molecular formula is C15H19ClN4O. The Morgan fingerprint density at radius 1 is 1.43 bits per heavy atom. The van der Waals surface area contributed by atoms with Crippen LogP contribution in [0.3, 0.4) is 0 Å². The van der Waals surface area contributed by atoms with Gasteiger partial charge in [0.1, 0.15) is 0 Å². The molecule has 2 rings (SSSR count). The van der Waals surface area contributed by atoms with Crippen LogP contribution in [0.1, 0.15) is 22.8 Å². The van der Waals surface area contributed by atoms with Crippen LogP contribution in [0.25, 0.3) is 0 Å². The van der Waals surface area contributed by atoms with Crippen molar-refractivity contribution in [3.05, 3.63) is 46.7 Å². The number of rotatable bonds is 6. The minimum Gasteiger partial charge on any atom is -0.385 e. The summed E-state index contributed by atoms with van der Waals surface area (Å²) < 4.78 is 1.80. The van der Waals surface area contributed by atoms with Gasteiger partial charge in [-0.1, -0.05) is 11.6 Å². The van der Waals surface area contributed by atoms with Gasteiger partial charge in [-0.15, -0.1) is 0 Å². The van der Waals surface area contributed by atoms with Crippen molar-refractivity contribution in [1.82, 2.24) is 15.1 Å². The topological polar surface area (TPSA) is 59.0 Å². The molecule has 21 heavy (non-hydrogen) atoms. The molecule has 0 fully saturated rings. The molecular weight excluding hydrogens is 288 g/mol. The molecule has 1 aromatic heterocycles. The maximum atomic E-state index is 12.2. The number of aromatic nitrogens is 2. The highest BCUT2D eigenvalue weighted by Gasteiger charge is 2.11. The van der Waals surface area contributed by atoms with Gasteiger partial charge in [-0.05, 0) is 37.6 Å². The van der Waals surface area contributed by atoms with Crippen LogP contribution in [-0.2, 0) is 6.54 Å². The van der Waals surface area contributed by atoms with Crippen LogP contribution in [0.4, 0.5) is 5.69 Å². The quantitative estimate of drug-likeness (QED) is 0.862. The third-order valence-corrected chi connectivity index (χ3v) is 3.22. The Bertz CT molecular complexity index is 624. The van der Waals surface area contributed by atoms with Crippen molar-refractivity contribution in [1.29, 1.82) is 0 Å². The van der Waals surface area contributed by atoms with E-state index in [1.165, 1.54) is 0 Å². The first-order valence-electron chi connectivity index (χ1n) is 6.91. The predicted molar refractivity (Wildman–Crippen MR) is 84.9 cm³/mol. The minimum atomic E-state index is -0.141. The first-order chi connectivity index (χ1) is 10.1. The number of hydrogen-bond acceptors (Lipinski definition) is 3. The van der Waals surface area contributed by atoms with Gasteiger partial charge in [0, 0.05) is 30.0 Å². The van der Waals surface area contributed by atoms with E-state index in [4.69, 9.17) is 11.6 Å². The molecule has 0 aliphatic heterocycles. The molecule has 0 bridgehead atoms. The molecule has 0 aliphatic rings. The van der Waals surface area contributed by atoms with Gasteiger partial charge in [0.15, 0.2) is 0 Å². The van der Waals surface area contributed by atoms with Crippen LogP contribution in [0.15, 0.2) is 30.6 Å². The summed E-state index contributed by atoms with van der Waals surface area (Å²) in [6.07, 6.45) is 3.73. The Labute approximate surface area is 129 Å². The Balaban J connectivity index is 1.97. The highest BCUT2D eigenvalue weighted by atomic mass is 35.5. The Morgan fingerprint density at radius 2 is 2.24 bits per heavy atom. The maximum Gasteiger partial charge on any atom is 0.253 e. The maximum absolute atomic E-state index is 12.2. The first kappa shape index (κ1) is 15.4. The minimum absolute atomic E-state index is 0.141. The fourth-order valence-electron chi connectivity index (χ4n) is 2.02. The molecule has 0 unspecified atom stereocenters. The van der Waals surface area contributed by atoms with Gasteiger partial charge < -0.3 is 10.6 Å². The SMILES string of the molecule is CCNc1ccc(Cl)cc1C(=O)NCCn1cc(C)cn1. The largest absolute Gasteiger partial charge is 0.385 e. The molecule has 2 N–H and O–H groups in total. The van der Waals surface area contributed by atoms with Crippen LogP contribution in [0.5, 0.6) is 0 Å². The number of hydrogen-bond donors (Lipinski definition) is 2. The number of amides is 1. The zero-order valence-corrected chi connectivity index (χ0v) is 12.9. The summed E-state index contributed by atoms with van der Waals surface area (Å²) >= 11 is 5.97. The average molecular weight is 307 g/mol. The van der Waals surface area contributed by atoms with Crippen molar-refractivity contribution in [2.45, 2.75) is 20.4 Å². The normalized spacial score (nSPS) is 10.4. The number of benzene rings is 1. The van der Waals surface area contributed by atoms with Crippen LogP contribution < -0.4 is 10.6 Å². The van der Waals surface area contributed by atoms with Crippen LogP contribution in [0.2, 0.25) is 5.02 Å². The molecule has 0 spiro atoms. The van der Waals surface area contributed by atoms with Gasteiger partial charge >= 0.3 is 0 Å². The lowest BCUT2D eigenvalue weighted by Crippen LogP contribution is -2.28. The van der Waals surface area contributed by atoms with Gasteiger partial charge in [0.2, 0.25) is 0 Å². The molecule has 0 saturated heterocycles. The van der Waals surface area contributed by atoms with E-state index >= 15 is 0 Å². The van der Waals surface area contributed by atoms with Crippen molar-refractivity contribution < 1.29 is 4.79 Å². The van der Waals surface area contributed by atoms with Gasteiger partial charge in [-0.2, -0.15) is 5.10 Å². The van der Waals surface area contributed by atoms with E-state index < -0.39 is 0 Å². The third-order valence-electron chi connectivity index (χ3n) is 2.98. The lowest BCUT2D eigenvalue weighted by atomic mass is 10.1. The second kappa shape index (κ2) is 7.13. The van der Waals surface area contributed by atoms with E-state index in [1.54, 1.807) is 23.0 Å². The van der Waals surface area contributed by atoms with Crippen LogP contribution in [0, 0.1) is 6.92 Å². The van der Waals surface area contributed by atoms with Gasteiger partial charge in [0.25, 0.3) is 5.91 Å². The number of carbonyl (C=O) groups is 1. The Kier molecular flexibility index (Phi) is 5.22. The summed E-state index contributed by atoms with van der Waals surface area (Å²) in [6.45, 7) is 5.86. The number of halogens is 1. The molecule has 5 nitrogen and oxygen atoms in total. The smallest absolute Gasteiger partial charge is 0.253 e. The van der Waals surface area contributed by atoms with Crippen molar-refractivity contribution in [2.75, 3.05) is 18.4 Å². The van der Waals surface area contributed by atoms with E-state index in [-0.39, 0.29) is 5.91 Å². The molecule has 2 aromatic rings. The lowest BCUT2D eigenvalue weighted by molar-refractivity contribution is 0.0952. The monoisotopic (exact) mass is 306 g/mol. The highest BCUT2D eigenvalue weighted by molar-refractivity contribution is 6.31. The lowest BCUT2D eigenvalue weighted by Gasteiger charge is -2.11. The number of nitrogens with one attached hydrogen (secondary N) is 2. The van der Waals surface area contributed by atoms with E-state index in [1.807, 2.05) is 26.1 Å². The van der Waals surface area contributed by atoms with E-state index in [9.17, 15) is 4.79 Å². The van der Waals surface area contributed by atoms with Crippen molar-refractivity contribution in [3.63, 3.8) is 0 Å². The second-order valence-electron chi connectivity index (χ2n) is 4.76. The molecule has 0 aliphatic carbocycles. The fraction of sp³-hybridized carbons (Fsp3) is 0.333. The number of aryl methyl sites for hydroxylation is 1. The zero-order valence-electron chi connectivity index (χ0n) is 12.2. The molecule has 1 heterocycles.